The second-order valence-corrected chi connectivity index (χ2v) is 5.88. The SMILES string of the molecule is CCCC(Br)C(Br)(CC(=O)OC)C(=O)OC. The first kappa shape index (κ1) is 15.9. The molecular formula is C10H16Br2O4. The van der Waals surface area contributed by atoms with Crippen LogP contribution in [0.25, 0.3) is 0 Å². The number of carbonyl (C=O) groups is 2. The molecular weight excluding hydrogens is 344 g/mol. The highest BCUT2D eigenvalue weighted by molar-refractivity contribution is 9.12. The number of esters is 2. The summed E-state index contributed by atoms with van der Waals surface area (Å²) in [5.41, 5.74) is 0. The minimum absolute atomic E-state index is 0.0634. The van der Waals surface area contributed by atoms with Gasteiger partial charge in [-0.1, -0.05) is 45.2 Å². The molecule has 0 saturated heterocycles. The van der Waals surface area contributed by atoms with E-state index in [9.17, 15) is 9.59 Å². The van der Waals surface area contributed by atoms with Crippen LogP contribution < -0.4 is 0 Å². The van der Waals surface area contributed by atoms with Crippen molar-refractivity contribution in [2.45, 2.75) is 35.3 Å². The zero-order chi connectivity index (χ0) is 12.8. The Morgan fingerprint density at radius 2 is 1.88 bits per heavy atom. The van der Waals surface area contributed by atoms with E-state index in [1.54, 1.807) is 0 Å². The molecule has 0 saturated carbocycles. The van der Waals surface area contributed by atoms with Crippen molar-refractivity contribution in [2.75, 3.05) is 14.2 Å². The maximum Gasteiger partial charge on any atom is 0.324 e. The molecule has 0 bridgehead atoms. The van der Waals surface area contributed by atoms with Gasteiger partial charge in [-0.3, -0.25) is 9.59 Å². The molecule has 0 radical (unpaired) electrons. The second-order valence-electron chi connectivity index (χ2n) is 3.36. The van der Waals surface area contributed by atoms with E-state index >= 15 is 0 Å². The summed E-state index contributed by atoms with van der Waals surface area (Å²) in [6.07, 6.45) is 1.57. The highest BCUT2D eigenvalue weighted by atomic mass is 79.9. The van der Waals surface area contributed by atoms with E-state index in [2.05, 4.69) is 36.6 Å². The summed E-state index contributed by atoms with van der Waals surface area (Å²) in [6, 6.07) is 0. The highest BCUT2D eigenvalue weighted by Gasteiger charge is 2.45. The van der Waals surface area contributed by atoms with Crippen molar-refractivity contribution >= 4 is 43.8 Å². The van der Waals surface area contributed by atoms with Gasteiger partial charge in [-0.25, -0.2) is 0 Å². The smallest absolute Gasteiger partial charge is 0.324 e. The number of alkyl halides is 2. The third kappa shape index (κ3) is 4.05. The average molecular weight is 360 g/mol. The van der Waals surface area contributed by atoms with E-state index < -0.39 is 16.3 Å². The summed E-state index contributed by atoms with van der Waals surface area (Å²) in [5.74, 6) is -0.934. The zero-order valence-corrected chi connectivity index (χ0v) is 12.8. The molecule has 0 aromatic rings. The molecule has 16 heavy (non-hydrogen) atoms. The number of rotatable bonds is 6. The molecule has 0 aromatic carbocycles. The topological polar surface area (TPSA) is 52.6 Å². The van der Waals surface area contributed by atoms with Crippen LogP contribution >= 0.6 is 31.9 Å². The van der Waals surface area contributed by atoms with Crippen molar-refractivity contribution in [1.29, 1.82) is 0 Å². The lowest BCUT2D eigenvalue weighted by molar-refractivity contribution is -0.149. The Bertz CT molecular complexity index is 257. The number of hydrogen-bond donors (Lipinski definition) is 0. The van der Waals surface area contributed by atoms with E-state index in [4.69, 9.17) is 4.74 Å². The van der Waals surface area contributed by atoms with Crippen LogP contribution in [0.5, 0.6) is 0 Å². The van der Waals surface area contributed by atoms with Gasteiger partial charge in [-0.2, -0.15) is 0 Å². The molecule has 6 heteroatoms. The Morgan fingerprint density at radius 1 is 1.31 bits per heavy atom. The van der Waals surface area contributed by atoms with Gasteiger partial charge in [0.1, 0.15) is 4.32 Å². The van der Waals surface area contributed by atoms with Gasteiger partial charge in [-0.15, -0.1) is 0 Å². The second kappa shape index (κ2) is 7.27. The number of halogens is 2. The molecule has 0 aliphatic carbocycles. The molecule has 0 aliphatic rings. The Balaban J connectivity index is 4.87. The van der Waals surface area contributed by atoms with Crippen LogP contribution in [-0.4, -0.2) is 35.3 Å². The lowest BCUT2D eigenvalue weighted by atomic mass is 9.98. The number of ether oxygens (including phenoxy) is 2. The highest BCUT2D eigenvalue weighted by Crippen LogP contribution is 2.36. The Hall–Kier alpha value is -0.100. The van der Waals surface area contributed by atoms with Crippen molar-refractivity contribution in [2.24, 2.45) is 0 Å². The number of methoxy groups -OCH3 is 2. The molecule has 0 fully saturated rings. The maximum atomic E-state index is 11.7. The lowest BCUT2D eigenvalue weighted by Crippen LogP contribution is -2.43. The molecule has 94 valence electrons. The average Bonchev–Trinajstić information content (AvgIpc) is 2.27. The zero-order valence-electron chi connectivity index (χ0n) is 9.59. The Labute approximate surface area is 112 Å². The summed E-state index contributed by atoms with van der Waals surface area (Å²) in [7, 11) is 2.58. The number of hydrogen-bond acceptors (Lipinski definition) is 4. The van der Waals surface area contributed by atoms with Gasteiger partial charge >= 0.3 is 11.9 Å². The normalized spacial score (nSPS) is 16.1. The minimum Gasteiger partial charge on any atom is -0.469 e. The van der Waals surface area contributed by atoms with E-state index in [0.29, 0.717) is 0 Å². The summed E-state index contributed by atoms with van der Waals surface area (Å²) in [5, 5.41) is 0. The van der Waals surface area contributed by atoms with Crippen LogP contribution in [0.15, 0.2) is 0 Å². The van der Waals surface area contributed by atoms with Gasteiger partial charge in [0.15, 0.2) is 0 Å². The molecule has 0 rings (SSSR count). The van der Waals surface area contributed by atoms with Crippen LogP contribution in [0.4, 0.5) is 0 Å². The molecule has 0 aromatic heterocycles. The molecule has 4 nitrogen and oxygen atoms in total. The summed E-state index contributed by atoms with van der Waals surface area (Å²) in [6.45, 7) is 2.00. The first-order valence-electron chi connectivity index (χ1n) is 4.90. The van der Waals surface area contributed by atoms with Gasteiger partial charge in [-0.05, 0) is 6.42 Å². The lowest BCUT2D eigenvalue weighted by Gasteiger charge is -2.28. The van der Waals surface area contributed by atoms with E-state index in [1.165, 1.54) is 14.2 Å². The maximum absolute atomic E-state index is 11.7. The van der Waals surface area contributed by atoms with E-state index in [1.807, 2.05) is 6.92 Å². The number of carbonyl (C=O) groups excluding carboxylic acids is 2. The third-order valence-electron chi connectivity index (χ3n) is 2.19. The van der Waals surface area contributed by atoms with Crippen LogP contribution in [0.2, 0.25) is 0 Å². The van der Waals surface area contributed by atoms with E-state index in [0.717, 1.165) is 12.8 Å². The van der Waals surface area contributed by atoms with Gasteiger partial charge in [0.05, 0.1) is 20.6 Å². The van der Waals surface area contributed by atoms with Crippen LogP contribution in [0, 0.1) is 0 Å². The summed E-state index contributed by atoms with van der Waals surface area (Å²) in [4.78, 5) is 22.8. The van der Waals surface area contributed by atoms with Crippen molar-refractivity contribution in [3.63, 3.8) is 0 Å². The van der Waals surface area contributed by atoms with Crippen molar-refractivity contribution in [1.82, 2.24) is 0 Å². The molecule has 2 atom stereocenters. The van der Waals surface area contributed by atoms with Gasteiger partial charge < -0.3 is 9.47 Å². The molecule has 2 unspecified atom stereocenters. The fourth-order valence-electron chi connectivity index (χ4n) is 1.24. The van der Waals surface area contributed by atoms with Crippen LogP contribution in [0.3, 0.4) is 0 Å². The van der Waals surface area contributed by atoms with Gasteiger partial charge in [0, 0.05) is 4.83 Å². The van der Waals surface area contributed by atoms with Crippen molar-refractivity contribution in [3.05, 3.63) is 0 Å². The van der Waals surface area contributed by atoms with Crippen molar-refractivity contribution in [3.8, 4) is 0 Å². The van der Waals surface area contributed by atoms with E-state index in [-0.39, 0.29) is 11.2 Å². The fraction of sp³-hybridized carbons (Fsp3) is 0.800. The summed E-state index contributed by atoms with van der Waals surface area (Å²) < 4.78 is 8.21. The predicted octanol–water partition coefficient (Wildman–Crippen LogP) is 2.42. The quantitative estimate of drug-likeness (QED) is 0.539. The largest absolute Gasteiger partial charge is 0.469 e. The molecule has 0 aliphatic heterocycles. The van der Waals surface area contributed by atoms with Gasteiger partial charge in [0.2, 0.25) is 0 Å². The fourth-order valence-corrected chi connectivity index (χ4v) is 2.67. The first-order valence-corrected chi connectivity index (χ1v) is 6.61. The van der Waals surface area contributed by atoms with Crippen LogP contribution in [-0.2, 0) is 19.1 Å². The van der Waals surface area contributed by atoms with Crippen LogP contribution in [0.1, 0.15) is 26.2 Å². The first-order chi connectivity index (χ1) is 7.42. The Morgan fingerprint density at radius 3 is 2.25 bits per heavy atom. The molecule has 0 amide bonds. The Kier molecular flexibility index (Phi) is 7.22. The molecule has 0 N–H and O–H groups in total. The predicted molar refractivity (Wildman–Crippen MR) is 67.9 cm³/mol. The van der Waals surface area contributed by atoms with Crippen molar-refractivity contribution < 1.29 is 19.1 Å². The standard InChI is InChI=1S/C10H16Br2O4/c1-4-5-7(11)10(12,9(14)16-3)6-8(13)15-2/h7H,4-6H2,1-3H3. The van der Waals surface area contributed by atoms with Gasteiger partial charge in [0.25, 0.3) is 0 Å². The molecule has 0 spiro atoms. The summed E-state index contributed by atoms with van der Waals surface area (Å²) >= 11 is 6.70. The third-order valence-corrected chi connectivity index (χ3v) is 5.20. The minimum atomic E-state index is -1.06. The molecule has 0 heterocycles. The monoisotopic (exact) mass is 358 g/mol.